The molecule has 2 aromatic carbocycles. The van der Waals surface area contributed by atoms with E-state index in [9.17, 15) is 9.18 Å². The van der Waals surface area contributed by atoms with E-state index in [2.05, 4.69) is 37.1 Å². The number of para-hydroxylation sites is 1. The molecule has 160 valence electrons. The molecule has 5 nitrogen and oxygen atoms in total. The van der Waals surface area contributed by atoms with Gasteiger partial charge in [-0.3, -0.25) is 14.5 Å². The summed E-state index contributed by atoms with van der Waals surface area (Å²) in [4.78, 5) is 17.3. The van der Waals surface area contributed by atoms with Crippen molar-refractivity contribution in [3.05, 3.63) is 71.8 Å². The van der Waals surface area contributed by atoms with Gasteiger partial charge in [-0.2, -0.15) is 5.10 Å². The highest BCUT2D eigenvalue weighted by Crippen LogP contribution is 2.24. The summed E-state index contributed by atoms with van der Waals surface area (Å²) in [5.41, 5.74) is 2.18. The van der Waals surface area contributed by atoms with E-state index < -0.39 is 11.4 Å². The summed E-state index contributed by atoms with van der Waals surface area (Å²) in [6.45, 7) is 8.92. The van der Waals surface area contributed by atoms with E-state index in [0.717, 1.165) is 23.0 Å². The van der Waals surface area contributed by atoms with Gasteiger partial charge in [0.05, 0.1) is 23.2 Å². The molecule has 1 unspecified atom stereocenters. The van der Waals surface area contributed by atoms with Crippen molar-refractivity contribution in [2.24, 2.45) is 5.92 Å². The Bertz CT molecular complexity index is 1260. The lowest BCUT2D eigenvalue weighted by Gasteiger charge is -2.33. The molecule has 0 saturated heterocycles. The third-order valence-electron chi connectivity index (χ3n) is 5.61. The summed E-state index contributed by atoms with van der Waals surface area (Å²) in [5.74, 6) is -0.245. The zero-order valence-electron chi connectivity index (χ0n) is 18.3. The zero-order chi connectivity index (χ0) is 22.2. The van der Waals surface area contributed by atoms with Crippen LogP contribution >= 0.6 is 0 Å². The van der Waals surface area contributed by atoms with Gasteiger partial charge >= 0.3 is 0 Å². The Labute approximate surface area is 181 Å². The molecule has 0 radical (unpaired) electrons. The van der Waals surface area contributed by atoms with Crippen LogP contribution in [0.25, 0.3) is 21.8 Å². The molecule has 0 spiro atoms. The summed E-state index contributed by atoms with van der Waals surface area (Å²) in [6, 6.07) is 14.5. The van der Waals surface area contributed by atoms with Gasteiger partial charge < -0.3 is 5.32 Å². The number of rotatable bonds is 6. The van der Waals surface area contributed by atoms with Crippen molar-refractivity contribution < 1.29 is 9.18 Å². The largest absolute Gasteiger partial charge is 0.345 e. The average molecular weight is 419 g/mol. The van der Waals surface area contributed by atoms with Gasteiger partial charge in [0.15, 0.2) is 0 Å². The van der Waals surface area contributed by atoms with Crippen LogP contribution in [0.5, 0.6) is 0 Å². The summed E-state index contributed by atoms with van der Waals surface area (Å²) in [7, 11) is 0. The molecular formula is C25H27FN4O. The third-order valence-corrected chi connectivity index (χ3v) is 5.61. The topological polar surface area (TPSA) is 59.8 Å². The highest BCUT2D eigenvalue weighted by atomic mass is 19.1. The number of nitrogens with zero attached hydrogens (tertiary/aromatic N) is 3. The van der Waals surface area contributed by atoms with Crippen LogP contribution in [0.2, 0.25) is 0 Å². The molecule has 2 aromatic heterocycles. The fourth-order valence-corrected chi connectivity index (χ4v) is 4.35. The van der Waals surface area contributed by atoms with Gasteiger partial charge in [0.1, 0.15) is 11.3 Å². The van der Waals surface area contributed by atoms with Crippen LogP contribution in [0.1, 0.15) is 43.2 Å². The van der Waals surface area contributed by atoms with Crippen molar-refractivity contribution in [3.63, 3.8) is 0 Å². The van der Waals surface area contributed by atoms with Crippen molar-refractivity contribution in [1.29, 1.82) is 0 Å². The second-order valence-corrected chi connectivity index (χ2v) is 8.91. The van der Waals surface area contributed by atoms with E-state index in [1.54, 1.807) is 18.2 Å². The summed E-state index contributed by atoms with van der Waals surface area (Å²) < 4.78 is 15.9. The lowest BCUT2D eigenvalue weighted by Crippen LogP contribution is -2.50. The lowest BCUT2D eigenvalue weighted by atomic mass is 9.90. The molecule has 0 aliphatic rings. The first-order valence-electron chi connectivity index (χ1n) is 10.5. The Morgan fingerprint density at radius 3 is 2.71 bits per heavy atom. The fraction of sp³-hybridized carbons (Fsp3) is 0.320. The quantitative estimate of drug-likeness (QED) is 0.464. The lowest BCUT2D eigenvalue weighted by molar-refractivity contribution is 0.0879. The minimum absolute atomic E-state index is 0.226. The van der Waals surface area contributed by atoms with Gasteiger partial charge in [0.25, 0.3) is 5.91 Å². The monoisotopic (exact) mass is 418 g/mol. The molecule has 0 fully saturated rings. The van der Waals surface area contributed by atoms with Gasteiger partial charge in [-0.25, -0.2) is 4.39 Å². The fourth-order valence-electron chi connectivity index (χ4n) is 4.35. The Morgan fingerprint density at radius 1 is 1.19 bits per heavy atom. The molecular weight excluding hydrogens is 391 g/mol. The minimum atomic E-state index is -0.519. The molecule has 2 heterocycles. The Morgan fingerprint density at radius 2 is 1.97 bits per heavy atom. The molecule has 1 amide bonds. The first kappa shape index (κ1) is 21.0. The number of aryl methyl sites for hydroxylation is 1. The summed E-state index contributed by atoms with van der Waals surface area (Å²) in [5, 5.41) is 9.67. The molecule has 1 atom stereocenters. The van der Waals surface area contributed by atoms with Crippen molar-refractivity contribution in [2.75, 3.05) is 0 Å². The van der Waals surface area contributed by atoms with Crippen molar-refractivity contribution >= 4 is 27.7 Å². The Balaban J connectivity index is 1.64. The number of benzene rings is 2. The number of aromatic nitrogens is 3. The van der Waals surface area contributed by atoms with Gasteiger partial charge in [0, 0.05) is 22.7 Å². The molecule has 4 rings (SSSR count). The van der Waals surface area contributed by atoms with E-state index >= 15 is 0 Å². The normalized spacial score (nSPS) is 13.6. The van der Waals surface area contributed by atoms with Gasteiger partial charge in [-0.05, 0) is 44.4 Å². The number of nitrogens with one attached hydrogen (secondary N) is 1. The van der Waals surface area contributed by atoms with Crippen LogP contribution in [0.15, 0.2) is 54.7 Å². The zero-order valence-corrected chi connectivity index (χ0v) is 18.3. The molecule has 0 aliphatic heterocycles. The van der Waals surface area contributed by atoms with Crippen LogP contribution in [0.3, 0.4) is 0 Å². The third kappa shape index (κ3) is 4.29. The average Bonchev–Trinajstić information content (AvgIpc) is 3.02. The van der Waals surface area contributed by atoms with E-state index in [1.807, 2.05) is 29.8 Å². The number of pyridine rings is 1. The minimum Gasteiger partial charge on any atom is -0.345 e. The second kappa shape index (κ2) is 8.10. The number of fused-ring (bicyclic) bond motifs is 2. The molecule has 0 saturated carbocycles. The standard InChI is InChI=1S/C25H27FN4O/c1-16(2)13-25(4,15-30-17(3)20-9-5-6-11-22(20)29-30)28-24(31)19-12-18-8-7-10-21(26)23(18)27-14-19/h5-12,14,16H,13,15H2,1-4H3,(H,28,31). The first-order valence-corrected chi connectivity index (χ1v) is 10.5. The van der Waals surface area contributed by atoms with Crippen LogP contribution in [0, 0.1) is 18.7 Å². The number of carbonyl (C=O) groups excluding carboxylic acids is 1. The molecule has 4 aromatic rings. The first-order chi connectivity index (χ1) is 14.8. The van der Waals surface area contributed by atoms with Crippen molar-refractivity contribution in [1.82, 2.24) is 20.1 Å². The number of carbonyl (C=O) groups is 1. The van der Waals surface area contributed by atoms with Crippen molar-refractivity contribution in [3.8, 4) is 0 Å². The van der Waals surface area contributed by atoms with Crippen LogP contribution in [0.4, 0.5) is 4.39 Å². The summed E-state index contributed by atoms with van der Waals surface area (Å²) in [6.07, 6.45) is 2.22. The highest BCUT2D eigenvalue weighted by Gasteiger charge is 2.30. The maximum Gasteiger partial charge on any atom is 0.253 e. The Hall–Kier alpha value is -3.28. The van der Waals surface area contributed by atoms with E-state index in [0.29, 0.717) is 23.4 Å². The van der Waals surface area contributed by atoms with Gasteiger partial charge in [-0.1, -0.05) is 44.2 Å². The van der Waals surface area contributed by atoms with Crippen LogP contribution in [-0.4, -0.2) is 26.2 Å². The van der Waals surface area contributed by atoms with Gasteiger partial charge in [0.2, 0.25) is 0 Å². The SMILES string of the molecule is Cc1c2ccccc2nn1CC(C)(CC(C)C)NC(=O)c1cnc2c(F)cccc2c1. The smallest absolute Gasteiger partial charge is 0.253 e. The Kier molecular flexibility index (Phi) is 5.48. The van der Waals surface area contributed by atoms with Crippen molar-refractivity contribution in [2.45, 2.75) is 46.2 Å². The van der Waals surface area contributed by atoms with Crippen LogP contribution < -0.4 is 5.32 Å². The maximum atomic E-state index is 13.9. The highest BCUT2D eigenvalue weighted by molar-refractivity contribution is 5.97. The number of amides is 1. The van der Waals surface area contributed by atoms with Gasteiger partial charge in [-0.15, -0.1) is 0 Å². The maximum absolute atomic E-state index is 13.9. The molecule has 31 heavy (non-hydrogen) atoms. The molecule has 0 aliphatic carbocycles. The van der Waals surface area contributed by atoms with Crippen LogP contribution in [-0.2, 0) is 6.54 Å². The number of halogens is 1. The van der Waals surface area contributed by atoms with E-state index in [1.165, 1.54) is 12.3 Å². The van der Waals surface area contributed by atoms with E-state index in [4.69, 9.17) is 5.10 Å². The molecule has 1 N–H and O–H groups in total. The molecule has 6 heteroatoms. The predicted octanol–water partition coefficient (Wildman–Crippen LogP) is 5.27. The van der Waals surface area contributed by atoms with E-state index in [-0.39, 0.29) is 11.4 Å². The second-order valence-electron chi connectivity index (χ2n) is 8.91. The predicted molar refractivity (Wildman–Crippen MR) is 121 cm³/mol. The summed E-state index contributed by atoms with van der Waals surface area (Å²) >= 11 is 0. The number of hydrogen-bond donors (Lipinski definition) is 1. The molecule has 0 bridgehead atoms. The number of hydrogen-bond acceptors (Lipinski definition) is 3.